The standard InChI is InChI=1S/C14H13Cl2NO3S/c1-9-5-6-12(13(7-9)21(17,18)19)20-8-10-3-2-4-11(15)14(10)16/h2-7H,8H2,1H3,(H2,17,18,19). The quantitative estimate of drug-likeness (QED) is 0.921. The van der Waals surface area contributed by atoms with Crippen LogP contribution in [0.3, 0.4) is 0 Å². The molecule has 0 spiro atoms. The van der Waals surface area contributed by atoms with Gasteiger partial charge in [-0.3, -0.25) is 0 Å². The third-order valence-corrected chi connectivity index (χ3v) is 4.61. The van der Waals surface area contributed by atoms with Gasteiger partial charge in [0, 0.05) is 5.56 Å². The van der Waals surface area contributed by atoms with Gasteiger partial charge in [0.2, 0.25) is 10.0 Å². The molecule has 0 unspecified atom stereocenters. The lowest BCUT2D eigenvalue weighted by molar-refractivity contribution is 0.298. The Morgan fingerprint density at radius 3 is 2.57 bits per heavy atom. The minimum Gasteiger partial charge on any atom is -0.487 e. The molecule has 0 aliphatic heterocycles. The van der Waals surface area contributed by atoms with Gasteiger partial charge in [0.05, 0.1) is 10.0 Å². The molecule has 0 aromatic heterocycles. The number of aryl methyl sites for hydroxylation is 1. The lowest BCUT2D eigenvalue weighted by atomic mass is 10.2. The van der Waals surface area contributed by atoms with Crippen LogP contribution in [0.1, 0.15) is 11.1 Å². The molecule has 0 amide bonds. The molecule has 4 nitrogen and oxygen atoms in total. The van der Waals surface area contributed by atoms with Gasteiger partial charge in [-0.05, 0) is 30.7 Å². The molecule has 2 N–H and O–H groups in total. The highest BCUT2D eigenvalue weighted by Crippen LogP contribution is 2.29. The first kappa shape index (κ1) is 16.1. The second-order valence-electron chi connectivity index (χ2n) is 4.50. The Balaban J connectivity index is 2.31. The Labute approximate surface area is 133 Å². The predicted octanol–water partition coefficient (Wildman–Crippen LogP) is 3.53. The molecule has 2 aromatic rings. The van der Waals surface area contributed by atoms with Crippen LogP contribution in [0.25, 0.3) is 0 Å². The smallest absolute Gasteiger partial charge is 0.241 e. The van der Waals surface area contributed by atoms with Gasteiger partial charge in [0.25, 0.3) is 0 Å². The van der Waals surface area contributed by atoms with Crippen molar-refractivity contribution >= 4 is 33.2 Å². The summed E-state index contributed by atoms with van der Waals surface area (Å²) in [5.41, 5.74) is 1.43. The van der Waals surface area contributed by atoms with E-state index in [2.05, 4.69) is 0 Å². The number of nitrogens with two attached hydrogens (primary N) is 1. The third kappa shape index (κ3) is 3.89. The normalized spacial score (nSPS) is 11.4. The van der Waals surface area contributed by atoms with Crippen molar-refractivity contribution in [1.29, 1.82) is 0 Å². The average molecular weight is 346 g/mol. The molecule has 0 saturated heterocycles. The van der Waals surface area contributed by atoms with Crippen LogP contribution in [-0.2, 0) is 16.6 Å². The van der Waals surface area contributed by atoms with Gasteiger partial charge in [-0.25, -0.2) is 13.6 Å². The molecule has 0 fully saturated rings. The van der Waals surface area contributed by atoms with E-state index < -0.39 is 10.0 Å². The topological polar surface area (TPSA) is 69.4 Å². The van der Waals surface area contributed by atoms with Crippen molar-refractivity contribution in [2.24, 2.45) is 5.14 Å². The summed E-state index contributed by atoms with van der Waals surface area (Å²) in [6.45, 7) is 1.86. The van der Waals surface area contributed by atoms with Crippen LogP contribution in [0.5, 0.6) is 5.75 Å². The van der Waals surface area contributed by atoms with Crippen molar-refractivity contribution < 1.29 is 13.2 Å². The molecule has 0 bridgehead atoms. The fourth-order valence-electron chi connectivity index (χ4n) is 1.77. The van der Waals surface area contributed by atoms with Crippen LogP contribution in [0, 0.1) is 6.92 Å². The van der Waals surface area contributed by atoms with Crippen molar-refractivity contribution in [3.05, 3.63) is 57.6 Å². The number of hydrogen-bond donors (Lipinski definition) is 1. The maximum atomic E-state index is 11.6. The van der Waals surface area contributed by atoms with Crippen molar-refractivity contribution in [2.45, 2.75) is 18.4 Å². The van der Waals surface area contributed by atoms with Crippen LogP contribution in [0.4, 0.5) is 0 Å². The van der Waals surface area contributed by atoms with Gasteiger partial charge in [0.15, 0.2) is 0 Å². The van der Waals surface area contributed by atoms with E-state index in [9.17, 15) is 8.42 Å². The van der Waals surface area contributed by atoms with Crippen LogP contribution < -0.4 is 9.88 Å². The van der Waals surface area contributed by atoms with Crippen molar-refractivity contribution in [2.75, 3.05) is 0 Å². The van der Waals surface area contributed by atoms with Crippen LogP contribution >= 0.6 is 23.2 Å². The highest BCUT2D eigenvalue weighted by atomic mass is 35.5. The number of benzene rings is 2. The molecule has 2 aromatic carbocycles. The third-order valence-electron chi connectivity index (χ3n) is 2.82. The Hall–Kier alpha value is -1.27. The van der Waals surface area contributed by atoms with E-state index in [0.29, 0.717) is 15.6 Å². The molecule has 0 radical (unpaired) electrons. The fourth-order valence-corrected chi connectivity index (χ4v) is 2.90. The lowest BCUT2D eigenvalue weighted by Gasteiger charge is -2.12. The second-order valence-corrected chi connectivity index (χ2v) is 6.81. The maximum absolute atomic E-state index is 11.6. The number of ether oxygens (including phenoxy) is 1. The highest BCUT2D eigenvalue weighted by Gasteiger charge is 2.16. The van der Waals surface area contributed by atoms with Gasteiger partial charge < -0.3 is 4.74 Å². The van der Waals surface area contributed by atoms with Crippen LogP contribution in [-0.4, -0.2) is 8.42 Å². The molecule has 0 aliphatic rings. The SMILES string of the molecule is Cc1ccc(OCc2cccc(Cl)c2Cl)c(S(N)(=O)=O)c1. The molecule has 21 heavy (non-hydrogen) atoms. The summed E-state index contributed by atoms with van der Waals surface area (Å²) in [4.78, 5) is -0.0550. The van der Waals surface area contributed by atoms with Gasteiger partial charge in [-0.1, -0.05) is 41.4 Å². The molecule has 0 heterocycles. The van der Waals surface area contributed by atoms with Gasteiger partial charge >= 0.3 is 0 Å². The zero-order valence-corrected chi connectivity index (χ0v) is 13.5. The first-order valence-electron chi connectivity index (χ1n) is 5.98. The minimum atomic E-state index is -3.86. The van der Waals surface area contributed by atoms with E-state index in [1.54, 1.807) is 37.3 Å². The summed E-state index contributed by atoms with van der Waals surface area (Å²) >= 11 is 12.0. The molecule has 7 heteroatoms. The largest absolute Gasteiger partial charge is 0.487 e. The summed E-state index contributed by atoms with van der Waals surface area (Å²) in [5, 5.41) is 5.98. The first-order chi connectivity index (χ1) is 9.79. The number of rotatable bonds is 4. The molecule has 112 valence electrons. The zero-order valence-electron chi connectivity index (χ0n) is 11.1. The molecule has 2 rings (SSSR count). The van der Waals surface area contributed by atoms with Crippen molar-refractivity contribution in [3.63, 3.8) is 0 Å². The average Bonchev–Trinajstić information content (AvgIpc) is 2.40. The summed E-state index contributed by atoms with van der Waals surface area (Å²) in [5.74, 6) is 0.180. The zero-order chi connectivity index (χ0) is 15.6. The van der Waals surface area contributed by atoms with E-state index in [1.807, 2.05) is 0 Å². The fraction of sp³-hybridized carbons (Fsp3) is 0.143. The first-order valence-corrected chi connectivity index (χ1v) is 8.28. The van der Waals surface area contributed by atoms with Gasteiger partial charge in [-0.15, -0.1) is 0 Å². The summed E-state index contributed by atoms with van der Waals surface area (Å²) in [6.07, 6.45) is 0. The van der Waals surface area contributed by atoms with E-state index in [4.69, 9.17) is 33.1 Å². The Bertz CT molecular complexity index is 776. The maximum Gasteiger partial charge on any atom is 0.241 e. The Kier molecular flexibility index (Phi) is 4.78. The van der Waals surface area contributed by atoms with E-state index >= 15 is 0 Å². The number of primary sulfonamides is 1. The van der Waals surface area contributed by atoms with Crippen LogP contribution in [0.2, 0.25) is 10.0 Å². The molecular formula is C14H13Cl2NO3S. The number of halogens is 2. The highest BCUT2D eigenvalue weighted by molar-refractivity contribution is 7.89. The molecule has 0 atom stereocenters. The number of hydrogen-bond acceptors (Lipinski definition) is 3. The van der Waals surface area contributed by atoms with E-state index in [0.717, 1.165) is 5.56 Å². The second kappa shape index (κ2) is 6.23. The predicted molar refractivity (Wildman–Crippen MR) is 83.3 cm³/mol. The minimum absolute atomic E-state index is 0.0550. The Morgan fingerprint density at radius 1 is 1.19 bits per heavy atom. The monoisotopic (exact) mass is 345 g/mol. The summed E-state index contributed by atoms with van der Waals surface area (Å²) in [6, 6.07) is 9.91. The molecular weight excluding hydrogens is 333 g/mol. The van der Waals surface area contributed by atoms with E-state index in [-0.39, 0.29) is 17.3 Å². The Morgan fingerprint density at radius 2 is 1.90 bits per heavy atom. The molecule has 0 aliphatic carbocycles. The lowest BCUT2D eigenvalue weighted by Crippen LogP contribution is -2.14. The summed E-state index contributed by atoms with van der Waals surface area (Å²) in [7, 11) is -3.86. The van der Waals surface area contributed by atoms with Crippen molar-refractivity contribution in [3.8, 4) is 5.75 Å². The van der Waals surface area contributed by atoms with Gasteiger partial charge in [0.1, 0.15) is 17.3 Å². The van der Waals surface area contributed by atoms with Gasteiger partial charge in [-0.2, -0.15) is 0 Å². The molecule has 0 saturated carbocycles. The van der Waals surface area contributed by atoms with Crippen LogP contribution in [0.15, 0.2) is 41.3 Å². The van der Waals surface area contributed by atoms with E-state index in [1.165, 1.54) is 6.07 Å². The van der Waals surface area contributed by atoms with Crippen molar-refractivity contribution in [1.82, 2.24) is 0 Å². The summed E-state index contributed by atoms with van der Waals surface area (Å²) < 4.78 is 28.7. The number of sulfonamides is 1.